The van der Waals surface area contributed by atoms with Crippen molar-refractivity contribution in [3.05, 3.63) is 35.7 Å². The smallest absolute Gasteiger partial charge is 0.258 e. The third-order valence-electron chi connectivity index (χ3n) is 2.32. The molecule has 1 heterocycles. The van der Waals surface area contributed by atoms with E-state index in [9.17, 15) is 4.79 Å². The van der Waals surface area contributed by atoms with Gasteiger partial charge in [0, 0.05) is 5.56 Å². The molecule has 0 unspecified atom stereocenters. The highest BCUT2D eigenvalue weighted by molar-refractivity contribution is 6.03. The van der Waals surface area contributed by atoms with E-state index in [-0.39, 0.29) is 5.91 Å². The molecule has 0 radical (unpaired) electrons. The lowest BCUT2D eigenvalue weighted by molar-refractivity contribution is 0.102. The van der Waals surface area contributed by atoms with Gasteiger partial charge in [0.05, 0.1) is 7.11 Å². The first kappa shape index (κ1) is 11.1. The van der Waals surface area contributed by atoms with Crippen LogP contribution in [0.4, 0.5) is 5.95 Å². The molecule has 0 saturated carbocycles. The van der Waals surface area contributed by atoms with Crippen LogP contribution in [0.5, 0.6) is 5.75 Å². The molecule has 17 heavy (non-hydrogen) atoms. The monoisotopic (exact) mass is 232 g/mol. The first-order valence-corrected chi connectivity index (χ1v) is 5.02. The van der Waals surface area contributed by atoms with E-state index in [1.54, 1.807) is 19.2 Å². The topological polar surface area (TPSA) is 79.9 Å². The Labute approximate surface area is 98.0 Å². The standard InChI is InChI=1S/C11H12N4O2/c1-7-3-4-8(5-9(7)17-2)10(16)14-11-12-6-13-15-11/h3-6H,1-2H3,(H2,12,13,14,15,16). The number of carbonyl (C=O) groups excluding carboxylic acids is 1. The summed E-state index contributed by atoms with van der Waals surface area (Å²) >= 11 is 0. The minimum Gasteiger partial charge on any atom is -0.496 e. The fourth-order valence-electron chi connectivity index (χ4n) is 1.41. The second-order valence-corrected chi connectivity index (χ2v) is 3.47. The summed E-state index contributed by atoms with van der Waals surface area (Å²) < 4.78 is 5.16. The molecule has 6 nitrogen and oxygen atoms in total. The van der Waals surface area contributed by atoms with E-state index < -0.39 is 0 Å². The van der Waals surface area contributed by atoms with Crippen LogP contribution in [0.2, 0.25) is 0 Å². The maximum Gasteiger partial charge on any atom is 0.258 e. The van der Waals surface area contributed by atoms with Crippen molar-refractivity contribution in [1.29, 1.82) is 0 Å². The maximum absolute atomic E-state index is 11.8. The maximum atomic E-state index is 11.8. The number of nitrogens with zero attached hydrogens (tertiary/aromatic N) is 2. The van der Waals surface area contributed by atoms with Crippen molar-refractivity contribution in [3.63, 3.8) is 0 Å². The average molecular weight is 232 g/mol. The van der Waals surface area contributed by atoms with Gasteiger partial charge in [-0.1, -0.05) is 6.07 Å². The average Bonchev–Trinajstić information content (AvgIpc) is 2.82. The van der Waals surface area contributed by atoms with Crippen LogP contribution in [0, 0.1) is 6.92 Å². The van der Waals surface area contributed by atoms with E-state index in [4.69, 9.17) is 4.74 Å². The lowest BCUT2D eigenvalue weighted by Crippen LogP contribution is -2.13. The second-order valence-electron chi connectivity index (χ2n) is 3.47. The number of rotatable bonds is 3. The SMILES string of the molecule is COc1cc(C(=O)Nc2ncn[nH]2)ccc1C. The van der Waals surface area contributed by atoms with Crippen molar-refractivity contribution in [1.82, 2.24) is 15.2 Å². The third-order valence-corrected chi connectivity index (χ3v) is 2.32. The molecule has 2 N–H and O–H groups in total. The highest BCUT2D eigenvalue weighted by Gasteiger charge is 2.09. The number of hydrogen-bond donors (Lipinski definition) is 2. The number of aryl methyl sites for hydroxylation is 1. The molecule has 2 rings (SSSR count). The van der Waals surface area contributed by atoms with Crippen LogP contribution in [0.15, 0.2) is 24.5 Å². The number of anilines is 1. The minimum atomic E-state index is -0.264. The first-order valence-electron chi connectivity index (χ1n) is 5.02. The molecular weight excluding hydrogens is 220 g/mol. The molecule has 6 heteroatoms. The number of amides is 1. The van der Waals surface area contributed by atoms with Crippen molar-refractivity contribution in [2.45, 2.75) is 6.92 Å². The number of hydrogen-bond acceptors (Lipinski definition) is 4. The van der Waals surface area contributed by atoms with E-state index in [0.717, 1.165) is 5.56 Å². The van der Waals surface area contributed by atoms with Gasteiger partial charge >= 0.3 is 0 Å². The normalized spacial score (nSPS) is 10.0. The largest absolute Gasteiger partial charge is 0.496 e. The summed E-state index contributed by atoms with van der Waals surface area (Å²) in [4.78, 5) is 15.6. The van der Waals surface area contributed by atoms with Gasteiger partial charge in [-0.2, -0.15) is 10.1 Å². The summed E-state index contributed by atoms with van der Waals surface area (Å²) in [6, 6.07) is 5.23. The number of nitrogens with one attached hydrogen (secondary N) is 2. The van der Waals surface area contributed by atoms with Crippen molar-refractivity contribution in [3.8, 4) is 5.75 Å². The van der Waals surface area contributed by atoms with Crippen LogP contribution < -0.4 is 10.1 Å². The Balaban J connectivity index is 2.19. The third kappa shape index (κ3) is 2.41. The van der Waals surface area contributed by atoms with Gasteiger partial charge in [-0.3, -0.25) is 10.1 Å². The molecule has 0 aliphatic heterocycles. The van der Waals surface area contributed by atoms with Gasteiger partial charge in [-0.15, -0.1) is 0 Å². The van der Waals surface area contributed by atoms with Crippen molar-refractivity contribution in [2.24, 2.45) is 0 Å². The van der Waals surface area contributed by atoms with Gasteiger partial charge in [-0.25, -0.2) is 5.10 Å². The van der Waals surface area contributed by atoms with E-state index in [1.807, 2.05) is 13.0 Å². The molecule has 88 valence electrons. The van der Waals surface area contributed by atoms with Crippen LogP contribution in [-0.2, 0) is 0 Å². The summed E-state index contributed by atoms with van der Waals surface area (Å²) in [7, 11) is 1.57. The molecule has 0 saturated heterocycles. The van der Waals surface area contributed by atoms with Gasteiger partial charge in [0.1, 0.15) is 12.1 Å². The van der Waals surface area contributed by atoms with E-state index in [1.165, 1.54) is 6.33 Å². The van der Waals surface area contributed by atoms with Crippen molar-refractivity contribution < 1.29 is 9.53 Å². The Bertz CT molecular complexity index is 522. The summed E-state index contributed by atoms with van der Waals surface area (Å²) in [6.07, 6.45) is 1.32. The van der Waals surface area contributed by atoms with Gasteiger partial charge in [0.2, 0.25) is 5.95 Å². The highest BCUT2D eigenvalue weighted by atomic mass is 16.5. The minimum absolute atomic E-state index is 0.264. The van der Waals surface area contributed by atoms with Gasteiger partial charge in [0.25, 0.3) is 5.91 Å². The van der Waals surface area contributed by atoms with Gasteiger partial charge in [-0.05, 0) is 24.6 Å². The number of benzene rings is 1. The summed E-state index contributed by atoms with van der Waals surface area (Å²) in [5.41, 5.74) is 1.48. The molecular formula is C11H12N4O2. The number of methoxy groups -OCH3 is 1. The molecule has 0 aliphatic carbocycles. The molecule has 0 fully saturated rings. The Kier molecular flexibility index (Phi) is 3.04. The van der Waals surface area contributed by atoms with Crippen LogP contribution in [-0.4, -0.2) is 28.2 Å². The number of H-pyrrole nitrogens is 1. The van der Waals surface area contributed by atoms with E-state index >= 15 is 0 Å². The predicted octanol–water partition coefficient (Wildman–Crippen LogP) is 1.37. The number of aromatic amines is 1. The summed E-state index contributed by atoms with van der Waals surface area (Å²) in [5.74, 6) is 0.727. The number of ether oxygens (including phenoxy) is 1. The lowest BCUT2D eigenvalue weighted by Gasteiger charge is -2.07. The van der Waals surface area contributed by atoms with E-state index in [2.05, 4.69) is 20.5 Å². The molecule has 2 aromatic rings. The Morgan fingerprint density at radius 1 is 1.47 bits per heavy atom. The quantitative estimate of drug-likeness (QED) is 0.837. The van der Waals surface area contributed by atoms with Crippen LogP contribution in [0.1, 0.15) is 15.9 Å². The predicted molar refractivity (Wildman–Crippen MR) is 62.1 cm³/mol. The zero-order chi connectivity index (χ0) is 12.3. The summed E-state index contributed by atoms with van der Waals surface area (Å²) in [6.45, 7) is 1.91. The molecule has 1 amide bonds. The van der Waals surface area contributed by atoms with Gasteiger partial charge < -0.3 is 4.74 Å². The lowest BCUT2D eigenvalue weighted by atomic mass is 10.1. The molecule has 1 aromatic carbocycles. The first-order chi connectivity index (χ1) is 8.20. The molecule has 0 atom stereocenters. The molecule has 1 aromatic heterocycles. The molecule has 0 bridgehead atoms. The Hall–Kier alpha value is -2.37. The Morgan fingerprint density at radius 3 is 2.94 bits per heavy atom. The number of carbonyl (C=O) groups is 1. The fourth-order valence-corrected chi connectivity index (χ4v) is 1.41. The molecule has 0 aliphatic rings. The highest BCUT2D eigenvalue weighted by Crippen LogP contribution is 2.19. The second kappa shape index (κ2) is 4.65. The van der Waals surface area contributed by atoms with E-state index in [0.29, 0.717) is 17.3 Å². The van der Waals surface area contributed by atoms with Crippen LogP contribution >= 0.6 is 0 Å². The van der Waals surface area contributed by atoms with Crippen LogP contribution in [0.25, 0.3) is 0 Å². The number of aromatic nitrogens is 3. The summed E-state index contributed by atoms with van der Waals surface area (Å²) in [5, 5.41) is 8.78. The molecule has 0 spiro atoms. The zero-order valence-electron chi connectivity index (χ0n) is 9.52. The van der Waals surface area contributed by atoms with Crippen LogP contribution in [0.3, 0.4) is 0 Å². The van der Waals surface area contributed by atoms with Crippen molar-refractivity contribution >= 4 is 11.9 Å². The fraction of sp³-hybridized carbons (Fsp3) is 0.182. The Morgan fingerprint density at radius 2 is 2.29 bits per heavy atom. The van der Waals surface area contributed by atoms with Crippen molar-refractivity contribution in [2.75, 3.05) is 12.4 Å². The van der Waals surface area contributed by atoms with Gasteiger partial charge in [0.15, 0.2) is 0 Å². The zero-order valence-corrected chi connectivity index (χ0v) is 9.52.